The van der Waals surface area contributed by atoms with Crippen molar-refractivity contribution < 1.29 is 14.3 Å². The number of hydrogen-bond acceptors (Lipinski definition) is 4. The molecule has 0 radical (unpaired) electrons. The first-order valence-electron chi connectivity index (χ1n) is 9.78. The smallest absolute Gasteiger partial charge is 0.410 e. The summed E-state index contributed by atoms with van der Waals surface area (Å²) >= 11 is 0. The van der Waals surface area contributed by atoms with Crippen molar-refractivity contribution in [2.75, 3.05) is 13.1 Å². The summed E-state index contributed by atoms with van der Waals surface area (Å²) in [5.41, 5.74) is 0.913. The van der Waals surface area contributed by atoms with Crippen LogP contribution < -0.4 is 5.32 Å². The van der Waals surface area contributed by atoms with Gasteiger partial charge in [-0.15, -0.1) is 0 Å². The zero-order valence-corrected chi connectivity index (χ0v) is 17.1. The van der Waals surface area contributed by atoms with Gasteiger partial charge in [-0.25, -0.2) is 9.78 Å². The molecule has 1 aliphatic heterocycles. The van der Waals surface area contributed by atoms with Gasteiger partial charge in [0, 0.05) is 37.6 Å². The van der Waals surface area contributed by atoms with E-state index in [-0.39, 0.29) is 29.8 Å². The highest BCUT2D eigenvalue weighted by Gasteiger charge is 2.61. The SMILES string of the molecule is CC(C)(C)OC(=O)N1CC2C(C1)C2C(=O)NC(C)(C)c1ccc2nccn2c1. The van der Waals surface area contributed by atoms with Crippen molar-refractivity contribution in [1.82, 2.24) is 19.6 Å². The molecule has 2 unspecified atom stereocenters. The van der Waals surface area contributed by atoms with E-state index in [1.165, 1.54) is 0 Å². The van der Waals surface area contributed by atoms with Gasteiger partial charge in [0.15, 0.2) is 0 Å². The summed E-state index contributed by atoms with van der Waals surface area (Å²) in [6.07, 6.45) is 5.37. The largest absolute Gasteiger partial charge is 0.444 e. The van der Waals surface area contributed by atoms with Gasteiger partial charge in [0.25, 0.3) is 0 Å². The Morgan fingerprint density at radius 3 is 2.46 bits per heavy atom. The van der Waals surface area contributed by atoms with Gasteiger partial charge < -0.3 is 19.4 Å². The average molecular weight is 384 g/mol. The third-order valence-corrected chi connectivity index (χ3v) is 5.69. The van der Waals surface area contributed by atoms with Crippen LogP contribution in [0.3, 0.4) is 0 Å². The van der Waals surface area contributed by atoms with E-state index in [1.807, 2.05) is 63.5 Å². The van der Waals surface area contributed by atoms with E-state index in [0.717, 1.165) is 11.2 Å². The van der Waals surface area contributed by atoms with E-state index in [0.29, 0.717) is 13.1 Å². The zero-order chi connectivity index (χ0) is 20.3. The molecule has 1 saturated heterocycles. The molecule has 2 atom stereocenters. The van der Waals surface area contributed by atoms with Gasteiger partial charge >= 0.3 is 6.09 Å². The van der Waals surface area contributed by atoms with Crippen LogP contribution in [0, 0.1) is 17.8 Å². The third-order valence-electron chi connectivity index (χ3n) is 5.69. The third kappa shape index (κ3) is 3.45. The van der Waals surface area contributed by atoms with Crippen molar-refractivity contribution in [1.29, 1.82) is 0 Å². The number of piperidine rings is 1. The van der Waals surface area contributed by atoms with Crippen LogP contribution in [0.4, 0.5) is 4.79 Å². The second-order valence-corrected chi connectivity index (χ2v) is 9.46. The van der Waals surface area contributed by atoms with Gasteiger partial charge in [-0.2, -0.15) is 0 Å². The fraction of sp³-hybridized carbons (Fsp3) is 0.571. The van der Waals surface area contributed by atoms with E-state index < -0.39 is 11.1 Å². The molecule has 28 heavy (non-hydrogen) atoms. The number of carbonyl (C=O) groups is 2. The minimum absolute atomic E-state index is 0.0186. The Labute approximate surface area is 165 Å². The molecule has 2 fully saturated rings. The van der Waals surface area contributed by atoms with Gasteiger partial charge in [0.1, 0.15) is 11.2 Å². The minimum atomic E-state index is -0.499. The summed E-state index contributed by atoms with van der Waals surface area (Å²) < 4.78 is 7.38. The quantitative estimate of drug-likeness (QED) is 0.883. The Balaban J connectivity index is 1.36. The van der Waals surface area contributed by atoms with Crippen LogP contribution in [-0.2, 0) is 15.1 Å². The lowest BCUT2D eigenvalue weighted by Gasteiger charge is -2.28. The molecular weight excluding hydrogens is 356 g/mol. The highest BCUT2D eigenvalue weighted by Crippen LogP contribution is 2.52. The Morgan fingerprint density at radius 2 is 1.82 bits per heavy atom. The minimum Gasteiger partial charge on any atom is -0.444 e. The monoisotopic (exact) mass is 384 g/mol. The maximum absolute atomic E-state index is 12.9. The molecule has 0 aromatic carbocycles. The normalized spacial score (nSPS) is 24.2. The predicted octanol–water partition coefficient (Wildman–Crippen LogP) is 2.80. The number of likely N-dealkylation sites (tertiary alicyclic amines) is 1. The number of carbonyl (C=O) groups excluding carboxylic acids is 2. The van der Waals surface area contributed by atoms with Crippen LogP contribution in [-0.4, -0.2) is 45.0 Å². The van der Waals surface area contributed by atoms with Crippen molar-refractivity contribution in [2.45, 2.75) is 45.8 Å². The fourth-order valence-corrected chi connectivity index (χ4v) is 4.14. The van der Waals surface area contributed by atoms with Crippen LogP contribution in [0.25, 0.3) is 5.65 Å². The van der Waals surface area contributed by atoms with E-state index in [4.69, 9.17) is 4.74 Å². The Kier molecular flexibility index (Phi) is 4.17. The number of aromatic nitrogens is 2. The van der Waals surface area contributed by atoms with Gasteiger partial charge in [-0.05, 0) is 58.1 Å². The summed E-state index contributed by atoms with van der Waals surface area (Å²) in [7, 11) is 0. The highest BCUT2D eigenvalue weighted by molar-refractivity contribution is 5.84. The van der Waals surface area contributed by atoms with Crippen molar-refractivity contribution in [3.8, 4) is 0 Å². The number of nitrogens with one attached hydrogen (secondary N) is 1. The Bertz CT molecular complexity index is 915. The summed E-state index contributed by atoms with van der Waals surface area (Å²) in [5, 5.41) is 3.19. The summed E-state index contributed by atoms with van der Waals surface area (Å²) in [6, 6.07) is 3.95. The number of ether oxygens (including phenoxy) is 1. The van der Waals surface area contributed by atoms with E-state index in [1.54, 1.807) is 11.1 Å². The molecule has 150 valence electrons. The Morgan fingerprint density at radius 1 is 1.14 bits per heavy atom. The van der Waals surface area contributed by atoms with Crippen molar-refractivity contribution >= 4 is 17.6 Å². The van der Waals surface area contributed by atoms with Gasteiger partial charge in [-0.3, -0.25) is 4.79 Å². The molecular formula is C21H28N4O3. The van der Waals surface area contributed by atoms with Crippen molar-refractivity contribution in [3.05, 3.63) is 36.3 Å². The zero-order valence-electron chi connectivity index (χ0n) is 17.1. The lowest BCUT2D eigenvalue weighted by molar-refractivity contribution is -0.125. The van der Waals surface area contributed by atoms with E-state index in [9.17, 15) is 9.59 Å². The number of nitrogens with zero attached hydrogens (tertiary/aromatic N) is 3. The van der Waals surface area contributed by atoms with E-state index >= 15 is 0 Å². The first kappa shape index (κ1) is 18.8. The van der Waals surface area contributed by atoms with Crippen LogP contribution in [0.5, 0.6) is 0 Å². The van der Waals surface area contributed by atoms with E-state index in [2.05, 4.69) is 10.3 Å². The fourth-order valence-electron chi connectivity index (χ4n) is 4.14. The molecule has 4 rings (SSSR count). The number of pyridine rings is 1. The molecule has 2 amide bonds. The standard InChI is InChI=1S/C21H28N4O3/c1-20(2,3)28-19(27)25-11-14-15(12-25)17(14)18(26)23-21(4,5)13-6-7-16-22-8-9-24(16)10-13/h6-10,14-15,17H,11-12H2,1-5H3,(H,23,26). The van der Waals surface area contributed by atoms with Gasteiger partial charge in [0.05, 0.1) is 5.54 Å². The summed E-state index contributed by atoms with van der Waals surface area (Å²) in [4.78, 5) is 31.0. The van der Waals surface area contributed by atoms with Crippen LogP contribution >= 0.6 is 0 Å². The molecule has 3 heterocycles. The molecule has 7 nitrogen and oxygen atoms in total. The topological polar surface area (TPSA) is 75.9 Å². The predicted molar refractivity (Wildman–Crippen MR) is 105 cm³/mol. The van der Waals surface area contributed by atoms with Gasteiger partial charge in [-0.1, -0.05) is 6.07 Å². The summed E-state index contributed by atoms with van der Waals surface area (Å²) in [5.74, 6) is 0.517. The van der Waals surface area contributed by atoms with Crippen LogP contribution in [0.1, 0.15) is 40.2 Å². The first-order chi connectivity index (χ1) is 13.0. The average Bonchev–Trinajstić information content (AvgIpc) is 2.96. The molecule has 0 bridgehead atoms. The van der Waals surface area contributed by atoms with Crippen LogP contribution in [0.15, 0.2) is 30.7 Å². The number of fused-ring (bicyclic) bond motifs is 2. The number of hydrogen-bond donors (Lipinski definition) is 1. The molecule has 0 spiro atoms. The van der Waals surface area contributed by atoms with Crippen LogP contribution in [0.2, 0.25) is 0 Å². The molecule has 2 aromatic rings. The second kappa shape index (κ2) is 6.22. The lowest BCUT2D eigenvalue weighted by Crippen LogP contribution is -2.44. The maximum atomic E-state index is 12.9. The van der Waals surface area contributed by atoms with Crippen molar-refractivity contribution in [2.24, 2.45) is 17.8 Å². The number of amides is 2. The maximum Gasteiger partial charge on any atom is 0.410 e. The molecule has 7 heteroatoms. The highest BCUT2D eigenvalue weighted by atomic mass is 16.6. The van der Waals surface area contributed by atoms with Crippen molar-refractivity contribution in [3.63, 3.8) is 0 Å². The molecule has 2 aromatic heterocycles. The lowest BCUT2D eigenvalue weighted by atomic mass is 9.95. The molecule has 1 saturated carbocycles. The first-order valence-corrected chi connectivity index (χ1v) is 9.78. The Hall–Kier alpha value is -2.57. The number of rotatable bonds is 3. The number of imidazole rings is 1. The molecule has 2 aliphatic rings. The molecule has 1 aliphatic carbocycles. The second-order valence-electron chi connectivity index (χ2n) is 9.46. The molecule has 1 N–H and O–H groups in total. The van der Waals surface area contributed by atoms with Gasteiger partial charge in [0.2, 0.25) is 5.91 Å². The summed E-state index contributed by atoms with van der Waals surface area (Å²) in [6.45, 7) is 10.8.